The third kappa shape index (κ3) is 3.57. The van der Waals surface area contributed by atoms with E-state index >= 15 is 0 Å². The van der Waals surface area contributed by atoms with Gasteiger partial charge in [-0.3, -0.25) is 9.59 Å². The Morgan fingerprint density at radius 1 is 1.55 bits per heavy atom. The molecule has 0 aromatic heterocycles. The van der Waals surface area contributed by atoms with Gasteiger partial charge in [-0.2, -0.15) is 0 Å². The summed E-state index contributed by atoms with van der Waals surface area (Å²) in [6.45, 7) is 1.48. The quantitative estimate of drug-likeness (QED) is 0.485. The maximum absolute atomic E-state index is 10.4. The van der Waals surface area contributed by atoms with Gasteiger partial charge in [-0.1, -0.05) is 6.92 Å². The molecule has 2 unspecified atom stereocenters. The van der Waals surface area contributed by atoms with E-state index in [1.54, 1.807) is 0 Å². The summed E-state index contributed by atoms with van der Waals surface area (Å²) < 4.78 is 0. The number of nitrogens with two attached hydrogens (primary N) is 2. The van der Waals surface area contributed by atoms with Crippen LogP contribution in [0, 0.1) is 5.92 Å². The molecule has 0 aliphatic rings. The average Bonchev–Trinajstić information content (AvgIpc) is 1.87. The lowest BCUT2D eigenvalue weighted by Gasteiger charge is -2.09. The molecule has 0 bridgehead atoms. The molecule has 0 aliphatic carbocycles. The van der Waals surface area contributed by atoms with Gasteiger partial charge in [0.15, 0.2) is 0 Å². The molecule has 5 nitrogen and oxygen atoms in total. The normalized spacial score (nSPS) is 15.5. The number of carboxylic acids is 1. The van der Waals surface area contributed by atoms with Crippen molar-refractivity contribution in [3.63, 3.8) is 0 Å². The maximum atomic E-state index is 10.4. The van der Waals surface area contributed by atoms with Crippen molar-refractivity contribution in [3.8, 4) is 0 Å². The summed E-state index contributed by atoms with van der Waals surface area (Å²) in [6.07, 6.45) is 0.0880. The highest BCUT2D eigenvalue weighted by Gasteiger charge is 2.18. The lowest BCUT2D eigenvalue weighted by atomic mass is 10.0. The minimum Gasteiger partial charge on any atom is -0.481 e. The zero-order valence-corrected chi connectivity index (χ0v) is 6.28. The van der Waals surface area contributed by atoms with E-state index < -0.39 is 23.8 Å². The third-order valence-corrected chi connectivity index (χ3v) is 1.39. The molecule has 0 fully saturated rings. The summed E-state index contributed by atoms with van der Waals surface area (Å²) >= 11 is 0. The van der Waals surface area contributed by atoms with Gasteiger partial charge in [0.05, 0.1) is 12.0 Å². The smallest absolute Gasteiger partial charge is 0.306 e. The molecule has 0 aromatic carbocycles. The second-order valence-corrected chi connectivity index (χ2v) is 2.48. The molecule has 2 atom stereocenters. The zero-order valence-electron chi connectivity index (χ0n) is 6.28. The number of amides is 1. The first-order valence-electron chi connectivity index (χ1n) is 3.23. The Hall–Kier alpha value is -1.10. The van der Waals surface area contributed by atoms with Gasteiger partial charge in [0.25, 0.3) is 0 Å². The van der Waals surface area contributed by atoms with E-state index in [9.17, 15) is 9.59 Å². The summed E-state index contributed by atoms with van der Waals surface area (Å²) in [4.78, 5) is 20.6. The van der Waals surface area contributed by atoms with Crippen molar-refractivity contribution in [1.82, 2.24) is 0 Å². The van der Waals surface area contributed by atoms with Gasteiger partial charge in [-0.15, -0.1) is 0 Å². The molecule has 0 aromatic rings. The van der Waals surface area contributed by atoms with Crippen molar-refractivity contribution < 1.29 is 14.7 Å². The molecule has 0 saturated carbocycles. The van der Waals surface area contributed by atoms with E-state index in [2.05, 4.69) is 0 Å². The van der Waals surface area contributed by atoms with Gasteiger partial charge < -0.3 is 16.6 Å². The minimum absolute atomic E-state index is 0.0880. The number of carbonyl (C=O) groups is 2. The van der Waals surface area contributed by atoms with E-state index in [1.165, 1.54) is 6.92 Å². The standard InChI is InChI=1S/C6H12N2O3/c1-3(6(10)11)2-4(7)5(8)9/h3-4H,2,7H2,1H3,(H2,8,9)(H,10,11). The van der Waals surface area contributed by atoms with Crippen LogP contribution in [-0.2, 0) is 9.59 Å². The molecule has 64 valence electrons. The summed E-state index contributed by atoms with van der Waals surface area (Å²) in [5.41, 5.74) is 10.0. The Morgan fingerprint density at radius 3 is 2.27 bits per heavy atom. The Kier molecular flexibility index (Phi) is 3.53. The molecule has 0 heterocycles. The predicted octanol–water partition coefficient (Wildman–Crippen LogP) is -1.09. The van der Waals surface area contributed by atoms with Crippen LogP contribution < -0.4 is 11.5 Å². The first kappa shape index (κ1) is 9.90. The van der Waals surface area contributed by atoms with Crippen LogP contribution in [0.15, 0.2) is 0 Å². The minimum atomic E-state index is -0.971. The molecular weight excluding hydrogens is 148 g/mol. The fourth-order valence-corrected chi connectivity index (χ4v) is 0.598. The molecular formula is C6H12N2O3. The van der Waals surface area contributed by atoms with Gasteiger partial charge in [0, 0.05) is 0 Å². The van der Waals surface area contributed by atoms with Gasteiger partial charge in [-0.05, 0) is 6.42 Å². The van der Waals surface area contributed by atoms with E-state index in [-0.39, 0.29) is 6.42 Å². The topological polar surface area (TPSA) is 106 Å². The van der Waals surface area contributed by atoms with Gasteiger partial charge in [-0.25, -0.2) is 0 Å². The van der Waals surface area contributed by atoms with E-state index in [0.29, 0.717) is 0 Å². The summed E-state index contributed by atoms with van der Waals surface area (Å²) in [7, 11) is 0. The fraction of sp³-hybridized carbons (Fsp3) is 0.667. The summed E-state index contributed by atoms with van der Waals surface area (Å²) in [5, 5.41) is 8.40. The monoisotopic (exact) mass is 160 g/mol. The lowest BCUT2D eigenvalue weighted by Crippen LogP contribution is -2.38. The van der Waals surface area contributed by atoms with Crippen LogP contribution in [0.5, 0.6) is 0 Å². The first-order valence-corrected chi connectivity index (χ1v) is 3.23. The van der Waals surface area contributed by atoms with Crippen LogP contribution in [0.4, 0.5) is 0 Å². The Morgan fingerprint density at radius 2 is 2.00 bits per heavy atom. The van der Waals surface area contributed by atoms with Crippen LogP contribution in [0.3, 0.4) is 0 Å². The van der Waals surface area contributed by atoms with Crippen LogP contribution in [0.2, 0.25) is 0 Å². The van der Waals surface area contributed by atoms with Crippen molar-refractivity contribution in [3.05, 3.63) is 0 Å². The molecule has 0 saturated heterocycles. The predicted molar refractivity (Wildman–Crippen MR) is 38.6 cm³/mol. The van der Waals surface area contributed by atoms with Gasteiger partial charge in [0.1, 0.15) is 0 Å². The van der Waals surface area contributed by atoms with Crippen LogP contribution >= 0.6 is 0 Å². The number of carbonyl (C=O) groups excluding carboxylic acids is 1. The van der Waals surface area contributed by atoms with E-state index in [4.69, 9.17) is 16.6 Å². The molecule has 5 N–H and O–H groups in total. The fourth-order valence-electron chi connectivity index (χ4n) is 0.598. The van der Waals surface area contributed by atoms with Gasteiger partial charge in [0.2, 0.25) is 5.91 Å². The summed E-state index contributed by atoms with van der Waals surface area (Å²) in [6, 6.07) is -0.860. The number of hydrogen-bond donors (Lipinski definition) is 3. The summed E-state index contributed by atoms with van der Waals surface area (Å²) in [5.74, 6) is -2.27. The number of rotatable bonds is 4. The largest absolute Gasteiger partial charge is 0.481 e. The van der Waals surface area contributed by atoms with Gasteiger partial charge >= 0.3 is 5.97 Å². The number of hydrogen-bond acceptors (Lipinski definition) is 3. The highest BCUT2D eigenvalue weighted by Crippen LogP contribution is 2.03. The maximum Gasteiger partial charge on any atom is 0.306 e. The van der Waals surface area contributed by atoms with Crippen molar-refractivity contribution in [1.29, 1.82) is 0 Å². The van der Waals surface area contributed by atoms with Crippen molar-refractivity contribution in [2.45, 2.75) is 19.4 Å². The Bertz CT molecular complexity index is 151. The molecule has 0 aliphatic heterocycles. The van der Waals surface area contributed by atoms with E-state index in [0.717, 1.165) is 0 Å². The molecule has 0 radical (unpaired) electrons. The highest BCUT2D eigenvalue weighted by molar-refractivity contribution is 5.80. The second-order valence-electron chi connectivity index (χ2n) is 2.48. The molecule has 0 spiro atoms. The number of primary amides is 1. The molecule has 1 amide bonds. The van der Waals surface area contributed by atoms with Crippen LogP contribution in [0.1, 0.15) is 13.3 Å². The Labute approximate surface area is 64.4 Å². The third-order valence-electron chi connectivity index (χ3n) is 1.39. The zero-order chi connectivity index (χ0) is 9.02. The molecule has 11 heavy (non-hydrogen) atoms. The highest BCUT2D eigenvalue weighted by atomic mass is 16.4. The Balaban J connectivity index is 3.84. The van der Waals surface area contributed by atoms with Crippen LogP contribution in [0.25, 0.3) is 0 Å². The molecule has 0 rings (SSSR count). The lowest BCUT2D eigenvalue weighted by molar-refractivity contribution is -0.141. The van der Waals surface area contributed by atoms with E-state index in [1.807, 2.05) is 0 Å². The first-order chi connectivity index (χ1) is 4.95. The number of aliphatic carboxylic acids is 1. The SMILES string of the molecule is CC(CC(N)C(N)=O)C(=O)O. The molecule has 5 heteroatoms. The van der Waals surface area contributed by atoms with Crippen molar-refractivity contribution in [2.75, 3.05) is 0 Å². The number of carboxylic acid groups (broad SMARTS) is 1. The van der Waals surface area contributed by atoms with Crippen LogP contribution in [-0.4, -0.2) is 23.0 Å². The second kappa shape index (κ2) is 3.92. The van der Waals surface area contributed by atoms with Crippen molar-refractivity contribution in [2.24, 2.45) is 17.4 Å². The van der Waals surface area contributed by atoms with Crippen molar-refractivity contribution >= 4 is 11.9 Å². The average molecular weight is 160 g/mol.